The van der Waals surface area contributed by atoms with E-state index in [9.17, 15) is 9.59 Å². The van der Waals surface area contributed by atoms with Crippen molar-refractivity contribution in [2.75, 3.05) is 6.61 Å². The highest BCUT2D eigenvalue weighted by atomic mass is 28.4. The average Bonchev–Trinajstić information content (AvgIpc) is 3.24. The summed E-state index contributed by atoms with van der Waals surface area (Å²) < 4.78 is 20.9. The topological polar surface area (TPSA) is 82.6 Å². The Morgan fingerprint density at radius 3 is 2.52 bits per heavy atom. The first-order valence-electron chi connectivity index (χ1n) is 10.8. The summed E-state index contributed by atoms with van der Waals surface area (Å²) in [6.07, 6.45) is 3.96. The highest BCUT2D eigenvalue weighted by Crippen LogP contribution is 2.43. The van der Waals surface area contributed by atoms with Crippen LogP contribution in [0.2, 0.25) is 37.3 Å². The smallest absolute Gasteiger partial charge is 0.330 e. The largest absolute Gasteiger partial charge is 0.415 e. The summed E-state index contributed by atoms with van der Waals surface area (Å²) in [6.45, 7) is 13.2. The summed E-state index contributed by atoms with van der Waals surface area (Å²) >= 11 is 0. The second-order valence-electron chi connectivity index (χ2n) is 9.85. The Labute approximate surface area is 175 Å². The fourth-order valence-electron chi connectivity index (χ4n) is 4.38. The van der Waals surface area contributed by atoms with Crippen LogP contribution in [-0.4, -0.2) is 45.0 Å². The summed E-state index contributed by atoms with van der Waals surface area (Å²) in [5.41, 5.74) is 0.262. The summed E-state index contributed by atoms with van der Waals surface area (Å²) in [6, 6.07) is 2.40. The third-order valence-electron chi connectivity index (χ3n) is 6.21. The SMILES string of the molecule is Cc1cn([C@@H]2CC(O[Si]3(C(C)C)CCCC3)[C@H](CO[Si](C)(C)C)O2)c(=O)[nH]c1=O. The molecule has 0 aliphatic carbocycles. The van der Waals surface area contributed by atoms with Crippen LogP contribution < -0.4 is 11.2 Å². The molecule has 7 nitrogen and oxygen atoms in total. The zero-order valence-electron chi connectivity index (χ0n) is 18.6. The van der Waals surface area contributed by atoms with Gasteiger partial charge in [0.15, 0.2) is 16.6 Å². The van der Waals surface area contributed by atoms with Crippen molar-refractivity contribution >= 4 is 16.6 Å². The molecule has 3 rings (SSSR count). The van der Waals surface area contributed by atoms with Crippen molar-refractivity contribution in [2.24, 2.45) is 0 Å². The molecule has 29 heavy (non-hydrogen) atoms. The molecule has 1 N–H and O–H groups in total. The summed E-state index contributed by atoms with van der Waals surface area (Å²) in [4.78, 5) is 26.5. The molecule has 1 aromatic heterocycles. The molecule has 9 heteroatoms. The Morgan fingerprint density at radius 2 is 1.93 bits per heavy atom. The minimum absolute atomic E-state index is 0.0809. The minimum Gasteiger partial charge on any atom is -0.415 e. The number of rotatable bonds is 7. The van der Waals surface area contributed by atoms with E-state index in [4.69, 9.17) is 13.6 Å². The number of aromatic nitrogens is 2. The second kappa shape index (κ2) is 8.62. The van der Waals surface area contributed by atoms with E-state index in [1.165, 1.54) is 29.5 Å². The molecular weight excluding hydrogens is 404 g/mol. The van der Waals surface area contributed by atoms with E-state index < -0.39 is 28.6 Å². The molecule has 1 aromatic rings. The highest BCUT2D eigenvalue weighted by Gasteiger charge is 2.48. The van der Waals surface area contributed by atoms with Crippen LogP contribution in [0.15, 0.2) is 15.8 Å². The number of ether oxygens (including phenoxy) is 1. The van der Waals surface area contributed by atoms with E-state index in [1.807, 2.05) is 0 Å². The first-order chi connectivity index (χ1) is 13.5. The summed E-state index contributed by atoms with van der Waals surface area (Å²) in [5, 5.41) is 0. The first kappa shape index (κ1) is 22.7. The van der Waals surface area contributed by atoms with Crippen LogP contribution in [-0.2, 0) is 13.6 Å². The van der Waals surface area contributed by atoms with Gasteiger partial charge in [-0.2, -0.15) is 0 Å². The fourth-order valence-corrected chi connectivity index (χ4v) is 9.51. The van der Waals surface area contributed by atoms with Gasteiger partial charge in [-0.05, 0) is 44.2 Å². The molecule has 0 bridgehead atoms. The lowest BCUT2D eigenvalue weighted by atomic mass is 10.2. The standard InChI is InChI=1S/C20H36N2O5Si2/c1-14(2)29(9-7-8-10-29)27-16-11-18(26-17(16)13-25-28(4,5)6)22-12-15(3)19(23)21-20(22)24/h12,14,16-18H,7-11,13H2,1-6H3,(H,21,23,24)/t16?,17-,18-/m0/s1. The van der Waals surface area contributed by atoms with Crippen LogP contribution >= 0.6 is 0 Å². The lowest BCUT2D eigenvalue weighted by molar-refractivity contribution is -0.0402. The maximum atomic E-state index is 12.4. The molecule has 2 fully saturated rings. The van der Waals surface area contributed by atoms with Gasteiger partial charge in [-0.15, -0.1) is 0 Å². The lowest BCUT2D eigenvalue weighted by Gasteiger charge is -2.35. The van der Waals surface area contributed by atoms with Gasteiger partial charge >= 0.3 is 5.69 Å². The van der Waals surface area contributed by atoms with Gasteiger partial charge in [0, 0.05) is 18.2 Å². The van der Waals surface area contributed by atoms with Gasteiger partial charge in [0.05, 0.1) is 12.7 Å². The molecule has 0 saturated carbocycles. The molecule has 1 unspecified atom stereocenters. The maximum absolute atomic E-state index is 12.4. The van der Waals surface area contributed by atoms with Gasteiger partial charge < -0.3 is 13.6 Å². The zero-order valence-corrected chi connectivity index (χ0v) is 20.6. The molecule has 3 heterocycles. The van der Waals surface area contributed by atoms with Crippen LogP contribution in [0.4, 0.5) is 0 Å². The zero-order chi connectivity index (χ0) is 21.4. The number of hydrogen-bond acceptors (Lipinski definition) is 5. The molecule has 3 atom stereocenters. The number of nitrogens with one attached hydrogen (secondary N) is 1. The molecule has 2 aliphatic rings. The van der Waals surface area contributed by atoms with Crippen molar-refractivity contribution < 1.29 is 13.6 Å². The van der Waals surface area contributed by atoms with Gasteiger partial charge in [-0.1, -0.05) is 26.7 Å². The Hall–Kier alpha value is -1.01. The normalized spacial score (nSPS) is 27.1. The average molecular weight is 441 g/mol. The molecule has 0 aromatic carbocycles. The van der Waals surface area contributed by atoms with Gasteiger partial charge in [0.25, 0.3) is 5.56 Å². The minimum atomic E-state index is -1.82. The lowest BCUT2D eigenvalue weighted by Crippen LogP contribution is -2.46. The Kier molecular flexibility index (Phi) is 6.74. The quantitative estimate of drug-likeness (QED) is 0.656. The third kappa shape index (κ3) is 5.19. The molecule has 2 aliphatic heterocycles. The van der Waals surface area contributed by atoms with Crippen molar-refractivity contribution in [1.29, 1.82) is 0 Å². The van der Waals surface area contributed by atoms with Crippen LogP contribution in [0, 0.1) is 6.92 Å². The maximum Gasteiger partial charge on any atom is 0.330 e. The van der Waals surface area contributed by atoms with Crippen molar-refractivity contribution in [1.82, 2.24) is 9.55 Å². The highest BCUT2D eigenvalue weighted by molar-refractivity contribution is 6.75. The fraction of sp³-hybridized carbons (Fsp3) is 0.800. The van der Waals surface area contributed by atoms with E-state index in [0.717, 1.165) is 0 Å². The molecule has 2 saturated heterocycles. The number of aryl methyl sites for hydroxylation is 1. The van der Waals surface area contributed by atoms with Crippen molar-refractivity contribution in [3.63, 3.8) is 0 Å². The van der Waals surface area contributed by atoms with E-state index in [1.54, 1.807) is 13.1 Å². The Bertz CT molecular complexity index is 823. The molecule has 0 amide bonds. The first-order valence-corrected chi connectivity index (χ1v) is 16.6. The van der Waals surface area contributed by atoms with Crippen molar-refractivity contribution in [3.8, 4) is 0 Å². The van der Waals surface area contributed by atoms with Crippen molar-refractivity contribution in [2.45, 2.75) is 95.7 Å². The van der Waals surface area contributed by atoms with Crippen LogP contribution in [0.5, 0.6) is 0 Å². The monoisotopic (exact) mass is 440 g/mol. The Balaban J connectivity index is 1.85. The number of H-pyrrole nitrogens is 1. The molecule has 0 radical (unpaired) electrons. The van der Waals surface area contributed by atoms with Crippen molar-refractivity contribution in [3.05, 3.63) is 32.6 Å². The van der Waals surface area contributed by atoms with Gasteiger partial charge in [0.2, 0.25) is 0 Å². The molecule has 164 valence electrons. The van der Waals surface area contributed by atoms with Crippen LogP contribution in [0.25, 0.3) is 0 Å². The number of hydrogen-bond donors (Lipinski definition) is 1. The summed E-state index contributed by atoms with van der Waals surface area (Å²) in [7, 11) is -3.53. The van der Waals surface area contributed by atoms with Gasteiger partial charge in [0.1, 0.15) is 12.3 Å². The van der Waals surface area contributed by atoms with Crippen LogP contribution in [0.1, 0.15) is 44.9 Å². The van der Waals surface area contributed by atoms with E-state index in [-0.39, 0.29) is 17.8 Å². The Morgan fingerprint density at radius 1 is 1.28 bits per heavy atom. The predicted octanol–water partition coefficient (Wildman–Crippen LogP) is 3.52. The van der Waals surface area contributed by atoms with E-state index in [0.29, 0.717) is 24.1 Å². The summed E-state index contributed by atoms with van der Waals surface area (Å²) in [5.74, 6) is 0. The van der Waals surface area contributed by atoms with Gasteiger partial charge in [-0.25, -0.2) is 4.79 Å². The second-order valence-corrected chi connectivity index (χ2v) is 18.9. The number of aromatic amines is 1. The number of nitrogens with zero attached hydrogens (tertiary/aromatic N) is 1. The molecular formula is C20H36N2O5Si2. The van der Waals surface area contributed by atoms with E-state index in [2.05, 4.69) is 38.5 Å². The molecule has 0 spiro atoms. The van der Waals surface area contributed by atoms with Crippen LogP contribution in [0.3, 0.4) is 0 Å². The van der Waals surface area contributed by atoms with Gasteiger partial charge in [-0.3, -0.25) is 14.3 Å². The van der Waals surface area contributed by atoms with E-state index >= 15 is 0 Å². The predicted molar refractivity (Wildman–Crippen MR) is 118 cm³/mol. The third-order valence-corrected chi connectivity index (χ3v) is 12.5.